The van der Waals surface area contributed by atoms with Crippen molar-refractivity contribution in [3.8, 4) is 0 Å². The Labute approximate surface area is 90.9 Å². The molecule has 0 aliphatic rings. The molecule has 15 heavy (non-hydrogen) atoms. The van der Waals surface area contributed by atoms with Crippen molar-refractivity contribution in [1.82, 2.24) is 0 Å². The average molecular weight is 206 g/mol. The third kappa shape index (κ3) is 2.91. The molecule has 2 unspecified atom stereocenters. The molecule has 0 saturated heterocycles. The molecule has 0 aromatic heterocycles. The number of hydrogen-bond acceptors (Lipinski definition) is 2. The standard InChI is InChI=1S/C13H18O2/c1-3-11(4-2)13(15)12-7-5-10(9-14)6-8-12/h3,5-8,11,13-15H,1,4,9H2,2H3. The van der Waals surface area contributed by atoms with Gasteiger partial charge >= 0.3 is 0 Å². The van der Waals surface area contributed by atoms with E-state index in [4.69, 9.17) is 5.11 Å². The van der Waals surface area contributed by atoms with E-state index in [0.29, 0.717) is 0 Å². The van der Waals surface area contributed by atoms with Crippen molar-refractivity contribution in [3.63, 3.8) is 0 Å². The SMILES string of the molecule is C=CC(CC)C(O)c1ccc(CO)cc1. The Morgan fingerprint density at radius 1 is 1.33 bits per heavy atom. The van der Waals surface area contributed by atoms with Crippen molar-refractivity contribution in [2.75, 3.05) is 0 Å². The summed E-state index contributed by atoms with van der Waals surface area (Å²) in [6.07, 6.45) is 2.15. The number of aliphatic hydroxyl groups is 2. The molecule has 0 fully saturated rings. The van der Waals surface area contributed by atoms with Crippen LogP contribution in [0.25, 0.3) is 0 Å². The second-order valence-corrected chi connectivity index (χ2v) is 3.65. The van der Waals surface area contributed by atoms with Gasteiger partial charge in [0, 0.05) is 5.92 Å². The van der Waals surface area contributed by atoms with Gasteiger partial charge in [0.25, 0.3) is 0 Å². The second-order valence-electron chi connectivity index (χ2n) is 3.65. The highest BCUT2D eigenvalue weighted by Gasteiger charge is 2.15. The fraction of sp³-hybridized carbons (Fsp3) is 0.385. The van der Waals surface area contributed by atoms with Crippen molar-refractivity contribution >= 4 is 0 Å². The van der Waals surface area contributed by atoms with Gasteiger partial charge in [-0.05, 0) is 17.5 Å². The first-order chi connectivity index (χ1) is 7.22. The largest absolute Gasteiger partial charge is 0.392 e. The minimum Gasteiger partial charge on any atom is -0.392 e. The lowest BCUT2D eigenvalue weighted by Gasteiger charge is -2.18. The highest BCUT2D eigenvalue weighted by molar-refractivity contribution is 5.24. The minimum absolute atomic E-state index is 0.0367. The van der Waals surface area contributed by atoms with Gasteiger partial charge < -0.3 is 10.2 Å². The molecule has 2 nitrogen and oxygen atoms in total. The predicted octanol–water partition coefficient (Wildman–Crippen LogP) is 2.42. The molecule has 0 amide bonds. The van der Waals surface area contributed by atoms with Gasteiger partial charge in [0.1, 0.15) is 0 Å². The minimum atomic E-state index is -0.500. The fourth-order valence-electron chi connectivity index (χ4n) is 1.59. The predicted molar refractivity (Wildman–Crippen MR) is 61.3 cm³/mol. The summed E-state index contributed by atoms with van der Waals surface area (Å²) in [6.45, 7) is 5.77. The fourth-order valence-corrected chi connectivity index (χ4v) is 1.59. The summed E-state index contributed by atoms with van der Waals surface area (Å²) in [6, 6.07) is 7.35. The normalized spacial score (nSPS) is 14.6. The zero-order chi connectivity index (χ0) is 11.3. The zero-order valence-corrected chi connectivity index (χ0v) is 9.06. The van der Waals surface area contributed by atoms with Gasteiger partial charge in [-0.15, -0.1) is 6.58 Å². The Bertz CT molecular complexity index is 303. The molecule has 1 aromatic carbocycles. The van der Waals surface area contributed by atoms with Crippen molar-refractivity contribution in [2.45, 2.75) is 26.1 Å². The number of rotatable bonds is 5. The van der Waals surface area contributed by atoms with Crippen LogP contribution >= 0.6 is 0 Å². The van der Waals surface area contributed by atoms with Crippen molar-refractivity contribution in [1.29, 1.82) is 0 Å². The third-order valence-electron chi connectivity index (χ3n) is 2.68. The monoisotopic (exact) mass is 206 g/mol. The maximum absolute atomic E-state index is 10.0. The summed E-state index contributed by atoms with van der Waals surface area (Å²) < 4.78 is 0. The molecule has 2 N–H and O–H groups in total. The molecule has 0 aliphatic heterocycles. The van der Waals surface area contributed by atoms with Crippen LogP contribution in [-0.2, 0) is 6.61 Å². The van der Waals surface area contributed by atoms with E-state index in [0.717, 1.165) is 17.5 Å². The molecule has 0 heterocycles. The summed E-state index contributed by atoms with van der Waals surface area (Å²) in [7, 11) is 0. The van der Waals surface area contributed by atoms with E-state index >= 15 is 0 Å². The molecule has 0 radical (unpaired) electrons. The molecule has 0 saturated carbocycles. The van der Waals surface area contributed by atoms with Gasteiger partial charge in [-0.3, -0.25) is 0 Å². The molecule has 0 spiro atoms. The summed E-state index contributed by atoms with van der Waals surface area (Å²) >= 11 is 0. The Morgan fingerprint density at radius 2 is 1.93 bits per heavy atom. The van der Waals surface area contributed by atoms with Gasteiger partial charge in [0.15, 0.2) is 0 Å². The maximum atomic E-state index is 10.0. The average Bonchev–Trinajstić information content (AvgIpc) is 2.30. The van der Waals surface area contributed by atoms with Gasteiger partial charge in [0.2, 0.25) is 0 Å². The summed E-state index contributed by atoms with van der Waals surface area (Å²) in [5, 5.41) is 18.9. The molecule has 1 rings (SSSR count). The van der Waals surface area contributed by atoms with Gasteiger partial charge in [-0.2, -0.15) is 0 Å². The summed E-state index contributed by atoms with van der Waals surface area (Å²) in [4.78, 5) is 0. The highest BCUT2D eigenvalue weighted by Crippen LogP contribution is 2.25. The van der Waals surface area contributed by atoms with Crippen molar-refractivity contribution < 1.29 is 10.2 Å². The number of aliphatic hydroxyl groups excluding tert-OH is 2. The van der Waals surface area contributed by atoms with Crippen LogP contribution in [0.4, 0.5) is 0 Å². The third-order valence-corrected chi connectivity index (χ3v) is 2.68. The van der Waals surface area contributed by atoms with Crippen LogP contribution in [0.1, 0.15) is 30.6 Å². The Kier molecular flexibility index (Phi) is 4.53. The van der Waals surface area contributed by atoms with Gasteiger partial charge in [0.05, 0.1) is 12.7 Å². The highest BCUT2D eigenvalue weighted by atomic mass is 16.3. The molecule has 1 aromatic rings. The topological polar surface area (TPSA) is 40.5 Å². The Balaban J connectivity index is 2.81. The number of hydrogen-bond donors (Lipinski definition) is 2. The van der Waals surface area contributed by atoms with E-state index < -0.39 is 6.10 Å². The zero-order valence-electron chi connectivity index (χ0n) is 9.06. The van der Waals surface area contributed by atoms with E-state index in [1.54, 1.807) is 6.08 Å². The molecule has 0 bridgehead atoms. The first-order valence-corrected chi connectivity index (χ1v) is 5.23. The van der Waals surface area contributed by atoms with Crippen molar-refractivity contribution in [2.24, 2.45) is 5.92 Å². The van der Waals surface area contributed by atoms with Gasteiger partial charge in [-0.1, -0.05) is 37.3 Å². The lowest BCUT2D eigenvalue weighted by molar-refractivity contribution is 0.129. The van der Waals surface area contributed by atoms with Gasteiger partial charge in [-0.25, -0.2) is 0 Å². The van der Waals surface area contributed by atoms with Crippen molar-refractivity contribution in [3.05, 3.63) is 48.0 Å². The Morgan fingerprint density at radius 3 is 2.33 bits per heavy atom. The maximum Gasteiger partial charge on any atom is 0.0852 e. The second kappa shape index (κ2) is 5.69. The van der Waals surface area contributed by atoms with E-state index in [-0.39, 0.29) is 12.5 Å². The van der Waals surface area contributed by atoms with Crippen LogP contribution < -0.4 is 0 Å². The van der Waals surface area contributed by atoms with Crippen LogP contribution in [0.15, 0.2) is 36.9 Å². The summed E-state index contributed by atoms with van der Waals surface area (Å²) in [5.41, 5.74) is 1.73. The Hall–Kier alpha value is -1.12. The molecular weight excluding hydrogens is 188 g/mol. The first-order valence-electron chi connectivity index (χ1n) is 5.23. The van der Waals surface area contributed by atoms with Crippen LogP contribution in [0, 0.1) is 5.92 Å². The van der Waals surface area contributed by atoms with Crippen LogP contribution in [0.5, 0.6) is 0 Å². The van der Waals surface area contributed by atoms with Crippen LogP contribution in [-0.4, -0.2) is 10.2 Å². The number of benzene rings is 1. The lowest BCUT2D eigenvalue weighted by atomic mass is 9.93. The smallest absolute Gasteiger partial charge is 0.0852 e. The quantitative estimate of drug-likeness (QED) is 0.726. The van der Waals surface area contributed by atoms with Crippen LogP contribution in [0.3, 0.4) is 0 Å². The van der Waals surface area contributed by atoms with Crippen LogP contribution in [0.2, 0.25) is 0 Å². The summed E-state index contributed by atoms with van der Waals surface area (Å²) in [5.74, 6) is 0.0879. The van der Waals surface area contributed by atoms with E-state index in [9.17, 15) is 5.11 Å². The lowest BCUT2D eigenvalue weighted by Crippen LogP contribution is -2.09. The molecule has 2 atom stereocenters. The van der Waals surface area contributed by atoms with E-state index in [1.165, 1.54) is 0 Å². The van der Waals surface area contributed by atoms with E-state index in [1.807, 2.05) is 31.2 Å². The molecule has 0 aliphatic carbocycles. The molecular formula is C13H18O2. The molecule has 82 valence electrons. The van der Waals surface area contributed by atoms with E-state index in [2.05, 4.69) is 6.58 Å². The molecule has 2 heteroatoms. The first kappa shape index (κ1) is 12.0.